The molecule has 0 aliphatic rings. The van der Waals surface area contributed by atoms with Crippen molar-refractivity contribution in [2.24, 2.45) is 0 Å². The molecule has 0 aliphatic carbocycles. The molecule has 258 valence electrons. The zero-order valence-corrected chi connectivity index (χ0v) is 30.6. The minimum atomic E-state index is 0.910. The van der Waals surface area contributed by atoms with Crippen molar-refractivity contribution in [3.8, 4) is 33.4 Å². The fourth-order valence-electron chi connectivity index (χ4n) is 8.06. The average Bonchev–Trinajstić information content (AvgIpc) is 3.82. The van der Waals surface area contributed by atoms with E-state index in [0.29, 0.717) is 0 Å². The Balaban J connectivity index is 0.979. The van der Waals surface area contributed by atoms with Crippen molar-refractivity contribution < 1.29 is 4.42 Å². The second-order valence-electron chi connectivity index (χ2n) is 14.2. The molecule has 0 bridgehead atoms. The maximum atomic E-state index is 6.11. The Kier molecular flexibility index (Phi) is 7.39. The van der Waals surface area contributed by atoms with Gasteiger partial charge >= 0.3 is 0 Å². The lowest BCUT2D eigenvalue weighted by molar-refractivity contribution is 0.669. The van der Waals surface area contributed by atoms with Crippen molar-refractivity contribution in [3.05, 3.63) is 200 Å². The van der Waals surface area contributed by atoms with Crippen LogP contribution in [-0.4, -0.2) is 0 Å². The number of anilines is 3. The van der Waals surface area contributed by atoms with E-state index in [2.05, 4.69) is 193 Å². The van der Waals surface area contributed by atoms with Gasteiger partial charge in [-0.2, -0.15) is 0 Å². The predicted molar refractivity (Wildman–Crippen MR) is 235 cm³/mol. The molecule has 55 heavy (non-hydrogen) atoms. The number of para-hydroxylation sites is 1. The highest BCUT2D eigenvalue weighted by atomic mass is 32.1. The van der Waals surface area contributed by atoms with Crippen molar-refractivity contribution in [2.75, 3.05) is 4.90 Å². The first-order valence-corrected chi connectivity index (χ1v) is 19.5. The van der Waals surface area contributed by atoms with Crippen molar-refractivity contribution in [2.45, 2.75) is 0 Å². The van der Waals surface area contributed by atoms with Crippen LogP contribution in [-0.2, 0) is 0 Å². The number of hydrogen-bond donors (Lipinski definition) is 0. The topological polar surface area (TPSA) is 16.4 Å². The zero-order valence-electron chi connectivity index (χ0n) is 29.8. The third kappa shape index (κ3) is 5.56. The Morgan fingerprint density at radius 3 is 1.67 bits per heavy atom. The Morgan fingerprint density at radius 1 is 0.309 bits per heavy atom. The van der Waals surface area contributed by atoms with Gasteiger partial charge in [-0.15, -0.1) is 11.3 Å². The first-order valence-electron chi connectivity index (χ1n) is 18.6. The molecule has 0 amide bonds. The van der Waals surface area contributed by atoms with Gasteiger partial charge in [-0.1, -0.05) is 121 Å². The summed E-state index contributed by atoms with van der Waals surface area (Å²) < 4.78 is 8.72. The van der Waals surface area contributed by atoms with Crippen LogP contribution >= 0.6 is 11.3 Å². The summed E-state index contributed by atoms with van der Waals surface area (Å²) >= 11 is 1.85. The number of nitrogens with zero attached hydrogens (tertiary/aromatic N) is 1. The summed E-state index contributed by atoms with van der Waals surface area (Å²) in [5, 5.41) is 7.36. The molecule has 0 atom stereocenters. The highest BCUT2D eigenvalue weighted by Crippen LogP contribution is 2.42. The van der Waals surface area contributed by atoms with Gasteiger partial charge in [0, 0.05) is 48.0 Å². The Morgan fingerprint density at radius 2 is 0.873 bits per heavy atom. The predicted octanol–water partition coefficient (Wildman–Crippen LogP) is 15.6. The first kappa shape index (κ1) is 31.6. The maximum absolute atomic E-state index is 6.11. The Labute approximate surface area is 322 Å². The van der Waals surface area contributed by atoms with Crippen LogP contribution in [0.1, 0.15) is 0 Å². The Hall–Kier alpha value is -6.94. The molecule has 2 heterocycles. The maximum Gasteiger partial charge on any atom is 0.135 e. The molecule has 0 radical (unpaired) electrons. The highest BCUT2D eigenvalue weighted by Gasteiger charge is 2.16. The molecular formula is C52H33NOS. The van der Waals surface area contributed by atoms with Gasteiger partial charge in [0.2, 0.25) is 0 Å². The van der Waals surface area contributed by atoms with Crippen molar-refractivity contribution >= 4 is 81.3 Å². The smallest absolute Gasteiger partial charge is 0.135 e. The molecule has 3 heteroatoms. The number of furan rings is 1. The van der Waals surface area contributed by atoms with Crippen LogP contribution in [0.3, 0.4) is 0 Å². The molecule has 11 aromatic rings. The zero-order chi connectivity index (χ0) is 36.3. The summed E-state index contributed by atoms with van der Waals surface area (Å²) in [6.07, 6.45) is 0. The Bertz CT molecular complexity index is 3210. The van der Waals surface area contributed by atoms with Crippen LogP contribution < -0.4 is 4.90 Å². The molecule has 0 N–H and O–H groups in total. The summed E-state index contributed by atoms with van der Waals surface area (Å²) in [7, 11) is 0. The van der Waals surface area contributed by atoms with Gasteiger partial charge in [0.15, 0.2) is 0 Å². The van der Waals surface area contributed by atoms with Crippen LogP contribution in [0.15, 0.2) is 205 Å². The van der Waals surface area contributed by atoms with Crippen LogP contribution in [0.4, 0.5) is 17.1 Å². The van der Waals surface area contributed by atoms with Gasteiger partial charge < -0.3 is 9.32 Å². The fourth-order valence-corrected chi connectivity index (χ4v) is 9.15. The van der Waals surface area contributed by atoms with E-state index >= 15 is 0 Å². The number of thiophene rings is 1. The summed E-state index contributed by atoms with van der Waals surface area (Å²) in [4.78, 5) is 2.37. The number of rotatable bonds is 6. The molecule has 0 aliphatic heterocycles. The molecule has 0 unspecified atom stereocenters. The summed E-state index contributed by atoms with van der Waals surface area (Å²) in [5.41, 5.74) is 12.3. The molecule has 0 saturated heterocycles. The first-order chi connectivity index (χ1) is 27.2. The summed E-state index contributed by atoms with van der Waals surface area (Å²) in [6.45, 7) is 0. The highest BCUT2D eigenvalue weighted by molar-refractivity contribution is 7.25. The van der Waals surface area contributed by atoms with E-state index < -0.39 is 0 Å². The van der Waals surface area contributed by atoms with Gasteiger partial charge in [-0.05, 0) is 123 Å². The lowest BCUT2D eigenvalue weighted by Crippen LogP contribution is -2.09. The van der Waals surface area contributed by atoms with E-state index in [4.69, 9.17) is 4.42 Å². The number of benzene rings is 9. The molecule has 0 fully saturated rings. The molecule has 0 spiro atoms. The van der Waals surface area contributed by atoms with E-state index in [1.165, 1.54) is 58.8 Å². The minimum Gasteiger partial charge on any atom is -0.456 e. The largest absolute Gasteiger partial charge is 0.456 e. The third-order valence-electron chi connectivity index (χ3n) is 10.9. The van der Waals surface area contributed by atoms with Gasteiger partial charge in [0.1, 0.15) is 11.2 Å². The van der Waals surface area contributed by atoms with Crippen molar-refractivity contribution in [1.82, 2.24) is 0 Å². The van der Waals surface area contributed by atoms with E-state index in [1.54, 1.807) is 0 Å². The van der Waals surface area contributed by atoms with E-state index in [1.807, 2.05) is 23.5 Å². The molecule has 9 aromatic carbocycles. The molecule has 0 saturated carbocycles. The van der Waals surface area contributed by atoms with E-state index in [0.717, 1.165) is 44.6 Å². The van der Waals surface area contributed by atoms with Crippen molar-refractivity contribution in [3.63, 3.8) is 0 Å². The number of hydrogen-bond acceptors (Lipinski definition) is 3. The average molecular weight is 720 g/mol. The molecular weight excluding hydrogens is 687 g/mol. The SMILES string of the molecule is c1cc(-c2ccc(N(c3ccc(-c4ccc5oc6ccccc6c5c4)cc3)c3ccc4sc5ccccc5c4c3)cc2)cc(-c2ccc3ccccc3c2)c1. The van der Waals surface area contributed by atoms with Gasteiger partial charge in [-0.3, -0.25) is 0 Å². The van der Waals surface area contributed by atoms with Crippen LogP contribution in [0.25, 0.3) is 86.3 Å². The van der Waals surface area contributed by atoms with Crippen molar-refractivity contribution in [1.29, 1.82) is 0 Å². The normalized spacial score (nSPS) is 11.6. The van der Waals surface area contributed by atoms with Crippen LogP contribution in [0.5, 0.6) is 0 Å². The van der Waals surface area contributed by atoms with Gasteiger partial charge in [-0.25, -0.2) is 0 Å². The van der Waals surface area contributed by atoms with Gasteiger partial charge in [0.25, 0.3) is 0 Å². The second-order valence-corrected chi connectivity index (χ2v) is 15.2. The third-order valence-corrected chi connectivity index (χ3v) is 12.0. The molecule has 11 rings (SSSR count). The number of fused-ring (bicyclic) bond motifs is 7. The summed E-state index contributed by atoms with van der Waals surface area (Å²) in [6, 6.07) is 72.4. The fraction of sp³-hybridized carbons (Fsp3) is 0. The lowest BCUT2D eigenvalue weighted by Gasteiger charge is -2.26. The molecule has 2 nitrogen and oxygen atoms in total. The van der Waals surface area contributed by atoms with E-state index in [9.17, 15) is 0 Å². The second kappa shape index (κ2) is 12.9. The summed E-state index contributed by atoms with van der Waals surface area (Å²) in [5.74, 6) is 0. The monoisotopic (exact) mass is 719 g/mol. The minimum absolute atomic E-state index is 0.910. The van der Waals surface area contributed by atoms with E-state index in [-0.39, 0.29) is 0 Å². The van der Waals surface area contributed by atoms with Crippen LogP contribution in [0.2, 0.25) is 0 Å². The quantitative estimate of drug-likeness (QED) is 0.170. The lowest BCUT2D eigenvalue weighted by atomic mass is 9.97. The standard InChI is InChI=1S/C52H33NOS/c1-2-9-37-31-40(17-16-34(37)8-1)39-11-7-10-38(30-39)35-18-23-42(24-19-35)53(44-27-29-52-48(33-44)46-13-4-6-15-51(46)55-52)43-25-20-36(21-26-43)41-22-28-50-47(32-41)45-12-3-5-14-49(45)54-50/h1-33H. The van der Waals surface area contributed by atoms with Crippen LogP contribution in [0, 0.1) is 0 Å². The molecule has 2 aromatic heterocycles. The van der Waals surface area contributed by atoms with Gasteiger partial charge in [0.05, 0.1) is 0 Å².